The van der Waals surface area contributed by atoms with Crippen LogP contribution in [0.1, 0.15) is 21.5 Å². The largest absolute Gasteiger partial charge is 0.494 e. The predicted octanol–water partition coefficient (Wildman–Crippen LogP) is 4.53. The first-order chi connectivity index (χ1) is 14.8. The van der Waals surface area contributed by atoms with Gasteiger partial charge in [0.2, 0.25) is 0 Å². The van der Waals surface area contributed by atoms with Gasteiger partial charge in [-0.15, -0.1) is 0 Å². The Morgan fingerprint density at radius 3 is 2.32 bits per heavy atom. The van der Waals surface area contributed by atoms with E-state index >= 15 is 0 Å². The zero-order valence-electron chi connectivity index (χ0n) is 17.2. The number of halogens is 3. The lowest BCUT2D eigenvalue weighted by atomic mass is 10.1. The van der Waals surface area contributed by atoms with Gasteiger partial charge in [-0.3, -0.25) is 4.79 Å². The molecule has 0 atom stereocenters. The molecule has 0 radical (unpaired) electrons. The van der Waals surface area contributed by atoms with E-state index in [4.69, 9.17) is 9.72 Å². The highest BCUT2D eigenvalue weighted by molar-refractivity contribution is 5.94. The molecule has 8 heteroatoms. The van der Waals surface area contributed by atoms with Crippen LogP contribution in [0.2, 0.25) is 0 Å². The normalized spacial score (nSPS) is 14.7. The summed E-state index contributed by atoms with van der Waals surface area (Å²) in [5.41, 5.74) is 1.37. The van der Waals surface area contributed by atoms with Gasteiger partial charge in [0.15, 0.2) is 0 Å². The molecule has 4 rings (SSSR count). The van der Waals surface area contributed by atoms with Crippen LogP contribution >= 0.6 is 0 Å². The SMILES string of the molecule is COc1cccc2c(C)cc(N3CCN(C(=O)c4ccc(C(F)(F)F)cc4)CC3)nc12. The van der Waals surface area contributed by atoms with Crippen molar-refractivity contribution in [1.82, 2.24) is 9.88 Å². The van der Waals surface area contributed by atoms with Crippen molar-refractivity contribution in [2.45, 2.75) is 13.1 Å². The number of nitrogens with zero attached hydrogens (tertiary/aromatic N) is 3. The predicted molar refractivity (Wildman–Crippen MR) is 113 cm³/mol. The average molecular weight is 429 g/mol. The van der Waals surface area contributed by atoms with Gasteiger partial charge < -0.3 is 14.5 Å². The van der Waals surface area contributed by atoms with Crippen LogP contribution in [-0.4, -0.2) is 49.1 Å². The van der Waals surface area contributed by atoms with Gasteiger partial charge in [0.1, 0.15) is 17.1 Å². The summed E-state index contributed by atoms with van der Waals surface area (Å²) in [6.07, 6.45) is -4.42. The summed E-state index contributed by atoms with van der Waals surface area (Å²) in [6, 6.07) is 12.2. The van der Waals surface area contributed by atoms with Crippen molar-refractivity contribution in [2.24, 2.45) is 0 Å². The van der Waals surface area contributed by atoms with Crippen molar-refractivity contribution in [3.05, 3.63) is 65.2 Å². The van der Waals surface area contributed by atoms with E-state index in [9.17, 15) is 18.0 Å². The third kappa shape index (κ3) is 4.15. The van der Waals surface area contributed by atoms with Crippen molar-refractivity contribution >= 4 is 22.6 Å². The van der Waals surface area contributed by atoms with E-state index < -0.39 is 11.7 Å². The highest BCUT2D eigenvalue weighted by Gasteiger charge is 2.31. The number of hydrogen-bond donors (Lipinski definition) is 0. The third-order valence-corrected chi connectivity index (χ3v) is 5.57. The molecule has 0 unspecified atom stereocenters. The molecule has 2 aromatic carbocycles. The molecule has 1 amide bonds. The lowest BCUT2D eigenvalue weighted by Gasteiger charge is -2.35. The Kier molecular flexibility index (Phi) is 5.47. The van der Waals surface area contributed by atoms with Crippen LogP contribution < -0.4 is 9.64 Å². The third-order valence-electron chi connectivity index (χ3n) is 5.57. The summed E-state index contributed by atoms with van der Waals surface area (Å²) < 4.78 is 43.7. The van der Waals surface area contributed by atoms with Gasteiger partial charge in [-0.25, -0.2) is 4.98 Å². The molecule has 0 spiro atoms. The fourth-order valence-corrected chi connectivity index (χ4v) is 3.82. The maximum absolute atomic E-state index is 12.7. The van der Waals surface area contributed by atoms with E-state index in [-0.39, 0.29) is 11.5 Å². The zero-order valence-corrected chi connectivity index (χ0v) is 17.2. The molecule has 0 N–H and O–H groups in total. The minimum Gasteiger partial charge on any atom is -0.494 e. The van der Waals surface area contributed by atoms with Crippen molar-refractivity contribution in [2.75, 3.05) is 38.2 Å². The number of alkyl halides is 3. The zero-order chi connectivity index (χ0) is 22.2. The molecular weight excluding hydrogens is 407 g/mol. The Morgan fingerprint density at radius 2 is 1.71 bits per heavy atom. The maximum atomic E-state index is 12.7. The first kappa shape index (κ1) is 21.0. The molecule has 162 valence electrons. The van der Waals surface area contributed by atoms with Crippen molar-refractivity contribution in [3.8, 4) is 5.75 Å². The minimum absolute atomic E-state index is 0.255. The van der Waals surface area contributed by atoms with Crippen LogP contribution in [0, 0.1) is 6.92 Å². The first-order valence-electron chi connectivity index (χ1n) is 9.94. The fraction of sp³-hybridized carbons (Fsp3) is 0.304. The Bertz CT molecular complexity index is 1110. The smallest absolute Gasteiger partial charge is 0.416 e. The fourth-order valence-electron chi connectivity index (χ4n) is 3.82. The summed E-state index contributed by atoms with van der Waals surface area (Å²) in [4.78, 5) is 21.3. The number of para-hydroxylation sites is 1. The Balaban J connectivity index is 1.48. The van der Waals surface area contributed by atoms with Crippen molar-refractivity contribution < 1.29 is 22.7 Å². The second kappa shape index (κ2) is 8.09. The number of rotatable bonds is 3. The molecule has 0 bridgehead atoms. The molecule has 2 heterocycles. The first-order valence-corrected chi connectivity index (χ1v) is 9.94. The van der Waals surface area contributed by atoms with Gasteiger partial charge in [-0.2, -0.15) is 13.2 Å². The van der Waals surface area contributed by atoms with Crippen molar-refractivity contribution in [1.29, 1.82) is 0 Å². The number of benzene rings is 2. The molecule has 1 aliphatic rings. The quantitative estimate of drug-likeness (QED) is 0.614. The van der Waals surface area contributed by atoms with Crippen LogP contribution in [0.25, 0.3) is 10.9 Å². The van der Waals surface area contributed by atoms with E-state index in [1.165, 1.54) is 12.1 Å². The number of aryl methyl sites for hydroxylation is 1. The number of fused-ring (bicyclic) bond motifs is 1. The Morgan fingerprint density at radius 1 is 1.03 bits per heavy atom. The highest BCUT2D eigenvalue weighted by atomic mass is 19.4. The topological polar surface area (TPSA) is 45.7 Å². The maximum Gasteiger partial charge on any atom is 0.416 e. The number of methoxy groups -OCH3 is 1. The van der Waals surface area contributed by atoms with Crippen molar-refractivity contribution in [3.63, 3.8) is 0 Å². The summed E-state index contributed by atoms with van der Waals surface area (Å²) in [6.45, 7) is 4.12. The summed E-state index contributed by atoms with van der Waals surface area (Å²) in [7, 11) is 1.62. The second-order valence-corrected chi connectivity index (χ2v) is 7.51. The number of hydrogen-bond acceptors (Lipinski definition) is 4. The molecule has 31 heavy (non-hydrogen) atoms. The van der Waals surface area contributed by atoms with Gasteiger partial charge in [0, 0.05) is 37.1 Å². The Hall–Kier alpha value is -3.29. The van der Waals surface area contributed by atoms with Crippen LogP contribution in [-0.2, 0) is 6.18 Å². The number of carbonyl (C=O) groups excluding carboxylic acids is 1. The van der Waals surface area contributed by atoms with Crippen LogP contribution in [0.5, 0.6) is 5.75 Å². The van der Waals surface area contributed by atoms with Gasteiger partial charge >= 0.3 is 6.18 Å². The monoisotopic (exact) mass is 429 g/mol. The van der Waals surface area contributed by atoms with Gasteiger partial charge in [0.05, 0.1) is 12.7 Å². The number of carbonyl (C=O) groups is 1. The lowest BCUT2D eigenvalue weighted by Crippen LogP contribution is -2.49. The number of aromatic nitrogens is 1. The van der Waals surface area contributed by atoms with Gasteiger partial charge in [-0.1, -0.05) is 12.1 Å². The second-order valence-electron chi connectivity index (χ2n) is 7.51. The van der Waals surface area contributed by atoms with Crippen LogP contribution in [0.3, 0.4) is 0 Å². The summed E-state index contributed by atoms with van der Waals surface area (Å²) >= 11 is 0. The van der Waals surface area contributed by atoms with Crippen LogP contribution in [0.4, 0.5) is 19.0 Å². The minimum atomic E-state index is -4.42. The standard InChI is InChI=1S/C23H22F3N3O2/c1-15-14-20(27-21-18(15)4-3-5-19(21)31-2)28-10-12-29(13-11-28)22(30)16-6-8-17(9-7-16)23(24,25)26/h3-9,14H,10-13H2,1-2H3. The molecule has 3 aromatic rings. The number of pyridine rings is 1. The summed E-state index contributed by atoms with van der Waals surface area (Å²) in [5, 5.41) is 1.03. The molecule has 1 fully saturated rings. The molecule has 0 saturated carbocycles. The highest BCUT2D eigenvalue weighted by Crippen LogP contribution is 2.31. The number of amides is 1. The molecule has 1 saturated heterocycles. The number of anilines is 1. The molecule has 1 aliphatic heterocycles. The molecule has 1 aromatic heterocycles. The summed E-state index contributed by atoms with van der Waals surface area (Å²) in [5.74, 6) is 1.26. The molecule has 0 aliphatic carbocycles. The van der Waals surface area contributed by atoms with E-state index in [2.05, 4.69) is 4.90 Å². The van der Waals surface area contributed by atoms with Crippen LogP contribution in [0.15, 0.2) is 48.5 Å². The van der Waals surface area contributed by atoms with Gasteiger partial charge in [-0.05, 0) is 48.9 Å². The van der Waals surface area contributed by atoms with E-state index in [1.54, 1.807) is 12.0 Å². The lowest BCUT2D eigenvalue weighted by molar-refractivity contribution is -0.137. The molecular formula is C23H22F3N3O2. The van der Waals surface area contributed by atoms with E-state index in [0.29, 0.717) is 31.9 Å². The average Bonchev–Trinajstić information content (AvgIpc) is 2.78. The van der Waals surface area contributed by atoms with Gasteiger partial charge in [0.25, 0.3) is 5.91 Å². The molecule has 5 nitrogen and oxygen atoms in total. The Labute approximate surface area is 178 Å². The number of ether oxygens (including phenoxy) is 1. The van der Waals surface area contributed by atoms with E-state index in [0.717, 1.165) is 34.4 Å². The number of piperazine rings is 1. The van der Waals surface area contributed by atoms with E-state index in [1.807, 2.05) is 31.2 Å².